The zero-order valence-electron chi connectivity index (χ0n) is 23.4. The van der Waals surface area contributed by atoms with E-state index >= 15 is 0 Å². The van der Waals surface area contributed by atoms with Crippen molar-refractivity contribution in [2.75, 3.05) is 0 Å². The van der Waals surface area contributed by atoms with Gasteiger partial charge in [-0.25, -0.2) is 4.98 Å². The molecule has 6 rings (SSSR count). The molecule has 0 saturated heterocycles. The summed E-state index contributed by atoms with van der Waals surface area (Å²) in [6, 6.07) is 31.5. The first-order chi connectivity index (χ1) is 19.7. The lowest BCUT2D eigenvalue weighted by atomic mass is 9.95. The number of hydrogen-bond donors (Lipinski definition) is 1. The van der Waals surface area contributed by atoms with Gasteiger partial charge in [0.1, 0.15) is 10.8 Å². The maximum Gasteiger partial charge on any atom is 0.126 e. The van der Waals surface area contributed by atoms with Crippen LogP contribution in [0.3, 0.4) is 0 Å². The molecule has 1 aromatic heterocycles. The normalized spacial score (nSPS) is 11.5. The largest absolute Gasteiger partial charge is 0.507 e. The fraction of sp³-hybridized carbons (Fsp3) is 0.111. The summed E-state index contributed by atoms with van der Waals surface area (Å²) < 4.78 is 2.20. The summed E-state index contributed by atoms with van der Waals surface area (Å²) in [7, 11) is 0. The summed E-state index contributed by atoms with van der Waals surface area (Å²) in [5.41, 5.74) is 13.1. The second-order valence-electron chi connectivity index (χ2n) is 10.6. The van der Waals surface area contributed by atoms with Crippen molar-refractivity contribution in [3.05, 3.63) is 122 Å². The fourth-order valence-electron chi connectivity index (χ4n) is 5.38. The van der Waals surface area contributed by atoms with Crippen molar-refractivity contribution in [3.8, 4) is 38.6 Å². The van der Waals surface area contributed by atoms with Crippen molar-refractivity contribution in [3.63, 3.8) is 0 Å². The SMILES string of the molecule is Cc1cc(C)cc(-c2ccc(-c3cc(C)cc(C)c3)c3sc(-c4ccccc4/N=C/c4cc(I)ccc4O)nc23)c1. The van der Waals surface area contributed by atoms with E-state index in [1.807, 2.05) is 30.3 Å². The molecule has 0 saturated carbocycles. The Bertz CT molecular complexity index is 1840. The van der Waals surface area contributed by atoms with E-state index in [0.29, 0.717) is 5.56 Å². The Morgan fingerprint density at radius 1 is 0.707 bits per heavy atom. The van der Waals surface area contributed by atoms with E-state index in [2.05, 4.69) is 105 Å². The number of halogens is 1. The van der Waals surface area contributed by atoms with Gasteiger partial charge in [-0.3, -0.25) is 4.99 Å². The van der Waals surface area contributed by atoms with Crippen LogP contribution in [0.4, 0.5) is 5.69 Å². The van der Waals surface area contributed by atoms with Gasteiger partial charge in [0.15, 0.2) is 0 Å². The minimum atomic E-state index is 0.211. The molecule has 1 N–H and O–H groups in total. The molecule has 0 radical (unpaired) electrons. The molecule has 3 nitrogen and oxygen atoms in total. The zero-order chi connectivity index (χ0) is 28.7. The predicted octanol–water partition coefficient (Wildman–Crippen LogP) is 10.6. The van der Waals surface area contributed by atoms with Gasteiger partial charge in [0.2, 0.25) is 0 Å². The maximum absolute atomic E-state index is 10.3. The summed E-state index contributed by atoms with van der Waals surface area (Å²) >= 11 is 3.95. The van der Waals surface area contributed by atoms with Crippen LogP contribution in [0, 0.1) is 31.3 Å². The Balaban J connectivity index is 1.56. The van der Waals surface area contributed by atoms with Gasteiger partial charge in [-0.2, -0.15) is 0 Å². The average Bonchev–Trinajstić information content (AvgIpc) is 3.37. The van der Waals surface area contributed by atoms with Gasteiger partial charge >= 0.3 is 0 Å². The Hall–Kier alpha value is -3.81. The highest BCUT2D eigenvalue weighted by atomic mass is 127. The highest BCUT2D eigenvalue weighted by Gasteiger charge is 2.18. The minimum Gasteiger partial charge on any atom is -0.507 e. The summed E-state index contributed by atoms with van der Waals surface area (Å²) in [6.45, 7) is 8.58. The number of phenolic OH excluding ortho intramolecular Hbond substituents is 1. The molecule has 6 aromatic rings. The van der Waals surface area contributed by atoms with Crippen LogP contribution in [-0.4, -0.2) is 16.3 Å². The van der Waals surface area contributed by atoms with Crippen molar-refractivity contribution >= 4 is 56.0 Å². The lowest BCUT2D eigenvalue weighted by Gasteiger charge is -2.10. The molecule has 0 atom stereocenters. The second-order valence-corrected chi connectivity index (χ2v) is 12.8. The Labute approximate surface area is 258 Å². The van der Waals surface area contributed by atoms with Gasteiger partial charge in [-0.05, 0) is 91.7 Å². The van der Waals surface area contributed by atoms with Gasteiger partial charge in [0.25, 0.3) is 0 Å². The lowest BCUT2D eigenvalue weighted by Crippen LogP contribution is -1.88. The Kier molecular flexibility index (Phi) is 7.49. The number of aryl methyl sites for hydroxylation is 4. The van der Waals surface area contributed by atoms with Crippen molar-refractivity contribution in [2.24, 2.45) is 4.99 Å². The van der Waals surface area contributed by atoms with Crippen LogP contribution in [0.2, 0.25) is 0 Å². The van der Waals surface area contributed by atoms with Crippen LogP contribution in [0.1, 0.15) is 27.8 Å². The summed E-state index contributed by atoms with van der Waals surface area (Å²) in [6.07, 6.45) is 1.73. The number of aromatic hydroxyl groups is 1. The quantitative estimate of drug-likeness (QED) is 0.147. The molecule has 0 amide bonds. The molecule has 0 spiro atoms. The number of para-hydroxylation sites is 1. The van der Waals surface area contributed by atoms with Crippen LogP contribution in [-0.2, 0) is 0 Å². The number of fused-ring (bicyclic) bond motifs is 1. The number of thiazole rings is 1. The lowest BCUT2D eigenvalue weighted by molar-refractivity contribution is 0.474. The van der Waals surface area contributed by atoms with Gasteiger partial charge < -0.3 is 5.11 Å². The number of aliphatic imine (C=N–C) groups is 1. The number of rotatable bonds is 5. The first kappa shape index (κ1) is 27.4. The smallest absolute Gasteiger partial charge is 0.126 e. The predicted molar refractivity (Wildman–Crippen MR) is 183 cm³/mol. The van der Waals surface area contributed by atoms with E-state index in [0.717, 1.165) is 35.6 Å². The molecule has 5 aromatic carbocycles. The zero-order valence-corrected chi connectivity index (χ0v) is 26.3. The van der Waals surface area contributed by atoms with E-state index in [1.54, 1.807) is 23.6 Å². The third-order valence-electron chi connectivity index (χ3n) is 7.08. The molecular weight excluding hydrogens is 635 g/mol. The number of benzene rings is 5. The van der Waals surface area contributed by atoms with Crippen molar-refractivity contribution in [1.29, 1.82) is 0 Å². The molecule has 0 bridgehead atoms. The number of nitrogens with zero attached hydrogens (tertiary/aromatic N) is 2. The molecular formula is C36H29IN2OS. The van der Waals surface area contributed by atoms with Gasteiger partial charge in [0, 0.05) is 32.0 Å². The highest BCUT2D eigenvalue weighted by molar-refractivity contribution is 14.1. The fourth-order valence-corrected chi connectivity index (χ4v) is 7.05. The molecule has 41 heavy (non-hydrogen) atoms. The van der Waals surface area contributed by atoms with E-state index in [1.165, 1.54) is 38.9 Å². The number of phenols is 1. The van der Waals surface area contributed by atoms with E-state index in [9.17, 15) is 5.11 Å². The van der Waals surface area contributed by atoms with Crippen LogP contribution in [0.5, 0.6) is 5.75 Å². The topological polar surface area (TPSA) is 45.5 Å². The monoisotopic (exact) mass is 664 g/mol. The molecule has 0 unspecified atom stereocenters. The second kappa shape index (κ2) is 11.2. The van der Waals surface area contributed by atoms with E-state index < -0.39 is 0 Å². The van der Waals surface area contributed by atoms with Crippen molar-refractivity contribution in [1.82, 2.24) is 4.98 Å². The summed E-state index contributed by atoms with van der Waals surface area (Å²) in [4.78, 5) is 10.1. The third kappa shape index (κ3) is 5.69. The summed E-state index contributed by atoms with van der Waals surface area (Å²) in [5, 5.41) is 11.3. The molecule has 0 aliphatic heterocycles. The Morgan fingerprint density at radius 2 is 1.32 bits per heavy atom. The molecule has 202 valence electrons. The van der Waals surface area contributed by atoms with Crippen molar-refractivity contribution in [2.45, 2.75) is 27.7 Å². The first-order valence-corrected chi connectivity index (χ1v) is 15.4. The maximum atomic E-state index is 10.3. The van der Waals surface area contributed by atoms with Gasteiger partial charge in [0.05, 0.1) is 15.9 Å². The number of hydrogen-bond acceptors (Lipinski definition) is 4. The van der Waals surface area contributed by atoms with Crippen LogP contribution >= 0.6 is 33.9 Å². The molecule has 0 aliphatic rings. The standard InChI is InChI=1S/C36H29IN2OS/c1-21-13-22(2)16-25(15-21)29-10-11-30(26-17-23(3)14-24(4)18-26)35-34(29)39-36(41-35)31-7-5-6-8-32(31)38-20-27-19-28(37)9-12-33(27)40/h5-20,40H,1-4H3/b38-20+. The van der Waals surface area contributed by atoms with Crippen LogP contribution in [0.25, 0.3) is 43.0 Å². The number of aromatic nitrogens is 1. The van der Waals surface area contributed by atoms with E-state index in [-0.39, 0.29) is 5.75 Å². The van der Waals surface area contributed by atoms with Gasteiger partial charge in [-0.15, -0.1) is 11.3 Å². The molecule has 0 aliphatic carbocycles. The van der Waals surface area contributed by atoms with Crippen LogP contribution in [0.15, 0.2) is 96.0 Å². The Morgan fingerprint density at radius 3 is 2.00 bits per heavy atom. The molecule has 5 heteroatoms. The van der Waals surface area contributed by atoms with Gasteiger partial charge in [-0.1, -0.05) is 82.9 Å². The first-order valence-electron chi connectivity index (χ1n) is 13.5. The average molecular weight is 665 g/mol. The minimum absolute atomic E-state index is 0.211. The van der Waals surface area contributed by atoms with Crippen molar-refractivity contribution < 1.29 is 5.11 Å². The van der Waals surface area contributed by atoms with E-state index in [4.69, 9.17) is 9.98 Å². The summed E-state index contributed by atoms with van der Waals surface area (Å²) in [5.74, 6) is 0.211. The third-order valence-corrected chi connectivity index (χ3v) is 8.87. The van der Waals surface area contributed by atoms with Crippen LogP contribution < -0.4 is 0 Å². The highest BCUT2D eigenvalue weighted by Crippen LogP contribution is 2.44. The molecule has 1 heterocycles. The molecule has 0 fully saturated rings.